The van der Waals surface area contributed by atoms with Crippen molar-refractivity contribution in [3.63, 3.8) is 0 Å². The monoisotopic (exact) mass is 203 g/mol. The lowest BCUT2D eigenvalue weighted by atomic mass is 10.2. The maximum Gasteiger partial charge on any atom is 0.0747 e. The zero-order valence-electron chi connectivity index (χ0n) is 9.12. The molecule has 2 heterocycles. The minimum absolute atomic E-state index is 1.09. The first-order chi connectivity index (χ1) is 6.57. The van der Waals surface area contributed by atoms with Crippen LogP contribution >= 0.6 is 0 Å². The lowest BCUT2D eigenvalue weighted by Gasteiger charge is -2.32. The van der Waals surface area contributed by atoms with Gasteiger partial charge in [-0.25, -0.2) is 0 Å². The van der Waals surface area contributed by atoms with Gasteiger partial charge in [-0.2, -0.15) is 0 Å². The van der Waals surface area contributed by atoms with E-state index in [0.29, 0.717) is 0 Å². The molecule has 0 atom stereocenters. The molecule has 0 unspecified atom stereocenters. The van der Waals surface area contributed by atoms with Crippen LogP contribution in [0.15, 0.2) is 47.5 Å². The summed E-state index contributed by atoms with van der Waals surface area (Å²) in [4.78, 5) is 2.33. The van der Waals surface area contributed by atoms with E-state index in [9.17, 15) is 0 Å². The van der Waals surface area contributed by atoms with Gasteiger partial charge in [0, 0.05) is 18.4 Å². The average molecular weight is 203 g/mol. The first-order valence-electron chi connectivity index (χ1n) is 5.10. The van der Waals surface area contributed by atoms with Gasteiger partial charge in [-0.05, 0) is 18.2 Å². The lowest BCUT2D eigenvalue weighted by Crippen LogP contribution is -2.34. The van der Waals surface area contributed by atoms with Crippen LogP contribution in [-0.4, -0.2) is 19.5 Å². The predicted octanol–water partition coefficient (Wildman–Crippen LogP) is 3.07. The van der Waals surface area contributed by atoms with Gasteiger partial charge in [0.15, 0.2) is 0 Å². The number of fused-ring (bicyclic) bond motifs is 1. The smallest absolute Gasteiger partial charge is 0.0747 e. The van der Waals surface area contributed by atoms with Crippen LogP contribution in [0.4, 0.5) is 0 Å². The second-order valence-electron chi connectivity index (χ2n) is 4.86. The number of allylic oxidation sites excluding steroid dienone is 5. The third-order valence-electron chi connectivity index (χ3n) is 2.74. The van der Waals surface area contributed by atoms with Gasteiger partial charge < -0.3 is 4.90 Å². The molecule has 2 aliphatic heterocycles. The zero-order valence-corrected chi connectivity index (χ0v) is 10.1. The molecule has 0 amide bonds. The van der Waals surface area contributed by atoms with Crippen molar-refractivity contribution in [3.05, 3.63) is 47.5 Å². The van der Waals surface area contributed by atoms with Crippen molar-refractivity contribution in [1.82, 2.24) is 4.90 Å². The van der Waals surface area contributed by atoms with Crippen molar-refractivity contribution < 1.29 is 0 Å². The van der Waals surface area contributed by atoms with E-state index >= 15 is 0 Å². The third-order valence-corrected chi connectivity index (χ3v) is 4.99. The molecule has 0 aromatic rings. The Kier molecular flexibility index (Phi) is 2.23. The third kappa shape index (κ3) is 1.75. The minimum atomic E-state index is -1.12. The van der Waals surface area contributed by atoms with E-state index in [0.717, 1.165) is 6.54 Å². The molecule has 2 aliphatic rings. The molecule has 0 spiro atoms. The summed E-state index contributed by atoms with van der Waals surface area (Å²) in [5.74, 6) is 0. The van der Waals surface area contributed by atoms with Crippen molar-refractivity contribution in [2.45, 2.75) is 19.6 Å². The van der Waals surface area contributed by atoms with Gasteiger partial charge in [0.05, 0.1) is 8.07 Å². The molecule has 14 heavy (non-hydrogen) atoms. The van der Waals surface area contributed by atoms with Gasteiger partial charge >= 0.3 is 0 Å². The van der Waals surface area contributed by atoms with Gasteiger partial charge in [0.25, 0.3) is 0 Å². The minimum Gasteiger partial charge on any atom is -0.344 e. The molecule has 0 radical (unpaired) electrons. The van der Waals surface area contributed by atoms with Crippen LogP contribution in [0.2, 0.25) is 19.6 Å². The lowest BCUT2D eigenvalue weighted by molar-refractivity contribution is 0.517. The summed E-state index contributed by atoms with van der Waals surface area (Å²) in [5.41, 5.74) is 1.31. The van der Waals surface area contributed by atoms with Gasteiger partial charge in [0.1, 0.15) is 0 Å². The molecule has 0 aromatic heterocycles. The summed E-state index contributed by atoms with van der Waals surface area (Å²) in [5, 5.41) is 1.63. The van der Waals surface area contributed by atoms with Gasteiger partial charge in [-0.15, -0.1) is 0 Å². The Morgan fingerprint density at radius 2 is 1.93 bits per heavy atom. The van der Waals surface area contributed by atoms with Crippen LogP contribution in [-0.2, 0) is 0 Å². The van der Waals surface area contributed by atoms with Crippen molar-refractivity contribution in [2.75, 3.05) is 6.54 Å². The van der Waals surface area contributed by atoms with E-state index in [1.165, 1.54) is 5.70 Å². The Morgan fingerprint density at radius 1 is 1.14 bits per heavy atom. The topological polar surface area (TPSA) is 3.24 Å². The highest BCUT2D eigenvalue weighted by atomic mass is 28.3. The molecule has 0 saturated carbocycles. The Labute approximate surface area is 87.1 Å². The number of hydrogen-bond donors (Lipinski definition) is 0. The summed E-state index contributed by atoms with van der Waals surface area (Å²) in [6, 6.07) is 0. The zero-order chi connectivity index (χ0) is 10.2. The first kappa shape index (κ1) is 9.53. The van der Waals surface area contributed by atoms with E-state index in [1.54, 1.807) is 5.20 Å². The molecular weight excluding hydrogens is 186 g/mol. The van der Waals surface area contributed by atoms with Gasteiger partial charge in [-0.3, -0.25) is 0 Å². The SMILES string of the molecule is C[Si](C)(C)C1=CC=C2C=CC=CN2C1. The van der Waals surface area contributed by atoms with E-state index in [-0.39, 0.29) is 0 Å². The maximum atomic E-state index is 2.40. The Bertz CT molecular complexity index is 353. The molecule has 0 aliphatic carbocycles. The van der Waals surface area contributed by atoms with E-state index in [4.69, 9.17) is 0 Å². The Morgan fingerprint density at radius 3 is 2.64 bits per heavy atom. The van der Waals surface area contributed by atoms with Crippen LogP contribution in [0.5, 0.6) is 0 Å². The number of hydrogen-bond acceptors (Lipinski definition) is 1. The normalized spacial score (nSPS) is 20.4. The second-order valence-corrected chi connectivity index (χ2v) is 10.0. The van der Waals surface area contributed by atoms with Crippen molar-refractivity contribution in [3.8, 4) is 0 Å². The van der Waals surface area contributed by atoms with Crippen molar-refractivity contribution in [1.29, 1.82) is 0 Å². The fourth-order valence-electron chi connectivity index (χ4n) is 1.69. The largest absolute Gasteiger partial charge is 0.344 e. The Hall–Kier alpha value is -1.02. The fourth-order valence-corrected chi connectivity index (χ4v) is 2.92. The van der Waals surface area contributed by atoms with Crippen molar-refractivity contribution in [2.24, 2.45) is 0 Å². The number of rotatable bonds is 1. The van der Waals surface area contributed by atoms with Crippen LogP contribution in [0.1, 0.15) is 0 Å². The molecular formula is C12H17NSi. The highest BCUT2D eigenvalue weighted by molar-refractivity contribution is 6.83. The maximum absolute atomic E-state index is 2.40. The highest BCUT2D eigenvalue weighted by Gasteiger charge is 2.23. The molecule has 0 fully saturated rings. The van der Waals surface area contributed by atoms with Gasteiger partial charge in [-0.1, -0.05) is 37.0 Å². The van der Waals surface area contributed by atoms with Crippen molar-refractivity contribution >= 4 is 8.07 Å². The molecule has 1 nitrogen and oxygen atoms in total. The summed E-state index contributed by atoms with van der Waals surface area (Å²) in [7, 11) is -1.12. The van der Waals surface area contributed by atoms with E-state index in [1.807, 2.05) is 0 Å². The molecule has 2 rings (SSSR count). The number of nitrogens with zero attached hydrogens (tertiary/aromatic N) is 1. The standard InChI is InChI=1S/C12H17NSi/c1-14(2,3)12-8-7-11-6-4-5-9-13(11)10-12/h4-9H,10H2,1-3H3. The summed E-state index contributed by atoms with van der Waals surface area (Å²) in [6.07, 6.45) is 13.1. The van der Waals surface area contributed by atoms with Gasteiger partial charge in [0.2, 0.25) is 0 Å². The van der Waals surface area contributed by atoms with Crippen LogP contribution in [0, 0.1) is 0 Å². The highest BCUT2D eigenvalue weighted by Crippen LogP contribution is 2.24. The summed E-state index contributed by atoms with van der Waals surface area (Å²) >= 11 is 0. The molecule has 0 saturated heterocycles. The second kappa shape index (κ2) is 3.28. The molecule has 0 aromatic carbocycles. The first-order valence-corrected chi connectivity index (χ1v) is 8.60. The van der Waals surface area contributed by atoms with Crippen LogP contribution in [0.25, 0.3) is 0 Å². The predicted molar refractivity (Wildman–Crippen MR) is 64.5 cm³/mol. The van der Waals surface area contributed by atoms with E-state index < -0.39 is 8.07 Å². The quantitative estimate of drug-likeness (QED) is 0.592. The molecule has 0 bridgehead atoms. The molecule has 74 valence electrons. The van der Waals surface area contributed by atoms with Crippen LogP contribution in [0.3, 0.4) is 0 Å². The average Bonchev–Trinajstić information content (AvgIpc) is 2.16. The molecule has 0 N–H and O–H groups in total. The Balaban J connectivity index is 2.28. The van der Waals surface area contributed by atoms with E-state index in [2.05, 4.69) is 61.1 Å². The fraction of sp³-hybridized carbons (Fsp3) is 0.333. The summed E-state index contributed by atoms with van der Waals surface area (Å²) < 4.78 is 0. The summed E-state index contributed by atoms with van der Waals surface area (Å²) in [6.45, 7) is 8.30. The van der Waals surface area contributed by atoms with Crippen LogP contribution < -0.4 is 0 Å². The molecule has 2 heteroatoms.